The molecular weight excluding hydrogens is 482 g/mol. The Morgan fingerprint density at radius 2 is 1.50 bits per heavy atom. The van der Waals surface area contributed by atoms with Crippen molar-refractivity contribution in [1.82, 2.24) is 18.8 Å². The van der Waals surface area contributed by atoms with E-state index in [1.807, 2.05) is 4.90 Å². The fourth-order valence-electron chi connectivity index (χ4n) is 2.86. The van der Waals surface area contributed by atoms with Crippen molar-refractivity contribution in [2.75, 3.05) is 26.2 Å². The second-order valence-electron chi connectivity index (χ2n) is 6.42. The SMILES string of the molecule is O=S(=O)(c1cc(C(F)(F)F)cc(C(F)(F)F)c1)N1CCN(Cc2nnsc2Cl)CC1. The van der Waals surface area contributed by atoms with Crippen LogP contribution in [0.15, 0.2) is 23.1 Å². The summed E-state index contributed by atoms with van der Waals surface area (Å²) in [6.07, 6.45) is -10.3. The number of sulfonamides is 1. The van der Waals surface area contributed by atoms with Crippen LogP contribution in [0, 0.1) is 0 Å². The van der Waals surface area contributed by atoms with Gasteiger partial charge >= 0.3 is 12.4 Å². The van der Waals surface area contributed by atoms with E-state index in [9.17, 15) is 34.8 Å². The molecule has 1 aliphatic heterocycles. The minimum atomic E-state index is -5.13. The molecule has 1 aromatic heterocycles. The number of benzene rings is 1. The number of piperazine rings is 1. The zero-order valence-electron chi connectivity index (χ0n) is 14.8. The number of alkyl halides is 6. The Kier molecular flexibility index (Phi) is 6.35. The van der Waals surface area contributed by atoms with E-state index in [1.54, 1.807) is 0 Å². The topological polar surface area (TPSA) is 66.4 Å². The van der Waals surface area contributed by atoms with Gasteiger partial charge in [-0.2, -0.15) is 30.6 Å². The summed E-state index contributed by atoms with van der Waals surface area (Å²) in [4.78, 5) is 0.756. The molecule has 0 N–H and O–H groups in total. The van der Waals surface area contributed by atoms with E-state index < -0.39 is 38.4 Å². The second-order valence-corrected chi connectivity index (χ2v) is 9.71. The highest BCUT2D eigenvalue weighted by molar-refractivity contribution is 7.89. The van der Waals surface area contributed by atoms with Crippen molar-refractivity contribution in [2.24, 2.45) is 0 Å². The molecule has 2 aromatic rings. The molecule has 1 fully saturated rings. The van der Waals surface area contributed by atoms with E-state index in [-0.39, 0.29) is 44.4 Å². The van der Waals surface area contributed by atoms with Crippen LogP contribution in [0.5, 0.6) is 0 Å². The lowest BCUT2D eigenvalue weighted by Crippen LogP contribution is -2.48. The summed E-state index contributed by atoms with van der Waals surface area (Å²) >= 11 is 6.91. The van der Waals surface area contributed by atoms with E-state index in [0.29, 0.717) is 16.6 Å². The molecule has 0 unspecified atom stereocenters. The van der Waals surface area contributed by atoms with Crippen LogP contribution < -0.4 is 0 Å². The van der Waals surface area contributed by atoms with Crippen LogP contribution in [0.25, 0.3) is 0 Å². The number of aromatic nitrogens is 2. The Morgan fingerprint density at radius 1 is 0.967 bits per heavy atom. The van der Waals surface area contributed by atoms with Gasteiger partial charge in [0.25, 0.3) is 0 Å². The number of halogens is 7. The van der Waals surface area contributed by atoms with Crippen molar-refractivity contribution in [3.63, 3.8) is 0 Å². The smallest absolute Gasteiger partial charge is 0.295 e. The molecule has 166 valence electrons. The molecule has 2 heterocycles. The van der Waals surface area contributed by atoms with Crippen LogP contribution in [0.1, 0.15) is 16.8 Å². The molecule has 0 atom stereocenters. The van der Waals surface area contributed by atoms with Gasteiger partial charge in [0.1, 0.15) is 10.0 Å². The summed E-state index contributed by atoms with van der Waals surface area (Å²) in [5, 5.41) is 3.84. The molecule has 3 rings (SSSR count). The Balaban J connectivity index is 1.83. The lowest BCUT2D eigenvalue weighted by Gasteiger charge is -2.33. The maximum atomic E-state index is 13.0. The first-order chi connectivity index (χ1) is 13.8. The molecule has 0 aliphatic carbocycles. The van der Waals surface area contributed by atoms with Crippen molar-refractivity contribution in [3.8, 4) is 0 Å². The van der Waals surface area contributed by atoms with Gasteiger partial charge in [0.15, 0.2) is 0 Å². The molecule has 0 amide bonds. The lowest BCUT2D eigenvalue weighted by atomic mass is 10.1. The van der Waals surface area contributed by atoms with Crippen molar-refractivity contribution in [1.29, 1.82) is 0 Å². The summed E-state index contributed by atoms with van der Waals surface area (Å²) in [5.41, 5.74) is -2.86. The second kappa shape index (κ2) is 8.22. The number of hydrogen-bond donors (Lipinski definition) is 0. The molecule has 30 heavy (non-hydrogen) atoms. The van der Waals surface area contributed by atoms with Crippen molar-refractivity contribution in [3.05, 3.63) is 39.4 Å². The normalized spacial score (nSPS) is 17.4. The van der Waals surface area contributed by atoms with E-state index >= 15 is 0 Å². The zero-order chi connectivity index (χ0) is 22.3. The Bertz CT molecular complexity index is 985. The molecule has 0 spiro atoms. The van der Waals surface area contributed by atoms with Gasteiger partial charge in [-0.25, -0.2) is 8.42 Å². The van der Waals surface area contributed by atoms with Gasteiger partial charge < -0.3 is 0 Å². The standard InChI is InChI=1S/C15H13ClF6N4O2S2/c16-13-12(23-24-29-13)8-25-1-3-26(4-2-25)30(27,28)11-6-9(14(17,18)19)5-10(7-11)15(20,21)22/h5-7H,1-4,8H2. The van der Waals surface area contributed by atoms with Gasteiger partial charge in [-0.1, -0.05) is 16.1 Å². The molecule has 1 saturated heterocycles. The summed E-state index contributed by atoms with van der Waals surface area (Å²) in [7, 11) is -4.57. The van der Waals surface area contributed by atoms with E-state index in [1.165, 1.54) is 0 Å². The Morgan fingerprint density at radius 3 is 1.93 bits per heavy atom. The monoisotopic (exact) mass is 494 g/mol. The zero-order valence-corrected chi connectivity index (χ0v) is 17.2. The molecule has 0 saturated carbocycles. The minimum absolute atomic E-state index is 0.109. The fraction of sp³-hybridized carbons (Fsp3) is 0.467. The van der Waals surface area contributed by atoms with Gasteiger partial charge in [0, 0.05) is 44.3 Å². The van der Waals surface area contributed by atoms with E-state index in [4.69, 9.17) is 11.6 Å². The molecule has 15 heteroatoms. The molecule has 1 aliphatic rings. The van der Waals surface area contributed by atoms with Crippen molar-refractivity contribution >= 4 is 33.2 Å². The highest BCUT2D eigenvalue weighted by Crippen LogP contribution is 2.38. The van der Waals surface area contributed by atoms with Crippen LogP contribution in [0.2, 0.25) is 4.34 Å². The average Bonchev–Trinajstić information content (AvgIpc) is 3.05. The van der Waals surface area contributed by atoms with Crippen LogP contribution in [0.4, 0.5) is 26.3 Å². The first kappa shape index (κ1) is 23.2. The Hall–Kier alpha value is -1.48. The van der Waals surface area contributed by atoms with Gasteiger partial charge in [-0.15, -0.1) is 5.10 Å². The predicted octanol–water partition coefficient (Wildman–Crippen LogP) is 3.74. The summed E-state index contributed by atoms with van der Waals surface area (Å²) in [5.74, 6) is 0. The lowest BCUT2D eigenvalue weighted by molar-refractivity contribution is -0.143. The largest absolute Gasteiger partial charge is 0.416 e. The summed E-state index contributed by atoms with van der Waals surface area (Å²) < 4.78 is 109. The first-order valence-corrected chi connectivity index (χ1v) is 10.9. The van der Waals surface area contributed by atoms with Crippen LogP contribution >= 0.6 is 23.1 Å². The van der Waals surface area contributed by atoms with Crippen LogP contribution in [-0.2, 0) is 28.9 Å². The fourth-order valence-corrected chi connectivity index (χ4v) is 4.96. The van der Waals surface area contributed by atoms with Crippen LogP contribution in [0.3, 0.4) is 0 Å². The third-order valence-electron chi connectivity index (χ3n) is 4.41. The quantitative estimate of drug-likeness (QED) is 0.606. The first-order valence-electron chi connectivity index (χ1n) is 8.27. The highest BCUT2D eigenvalue weighted by Gasteiger charge is 2.39. The number of nitrogens with zero attached hydrogens (tertiary/aromatic N) is 4. The van der Waals surface area contributed by atoms with Crippen LogP contribution in [-0.4, -0.2) is 53.4 Å². The minimum Gasteiger partial charge on any atom is -0.295 e. The summed E-state index contributed by atoms with van der Waals surface area (Å²) in [6.45, 7) is 0.450. The van der Waals surface area contributed by atoms with E-state index in [2.05, 4.69) is 9.59 Å². The predicted molar refractivity (Wildman–Crippen MR) is 95.4 cm³/mol. The molecule has 0 radical (unpaired) electrons. The molecular formula is C15H13ClF6N4O2S2. The highest BCUT2D eigenvalue weighted by atomic mass is 35.5. The number of hydrogen-bond acceptors (Lipinski definition) is 6. The Labute approximate surface area is 176 Å². The van der Waals surface area contributed by atoms with Gasteiger partial charge in [-0.05, 0) is 18.2 Å². The maximum absolute atomic E-state index is 13.0. The number of rotatable bonds is 4. The van der Waals surface area contributed by atoms with Gasteiger partial charge in [-0.3, -0.25) is 4.90 Å². The average molecular weight is 495 g/mol. The summed E-state index contributed by atoms with van der Waals surface area (Å²) in [6, 6.07) is 0.331. The van der Waals surface area contributed by atoms with E-state index in [0.717, 1.165) is 15.8 Å². The van der Waals surface area contributed by atoms with Gasteiger partial charge in [0.05, 0.1) is 16.0 Å². The molecule has 1 aromatic carbocycles. The third kappa shape index (κ3) is 5.04. The van der Waals surface area contributed by atoms with Crippen molar-refractivity contribution < 1.29 is 34.8 Å². The molecule has 0 bridgehead atoms. The molecule has 6 nitrogen and oxygen atoms in total. The third-order valence-corrected chi connectivity index (χ3v) is 7.27. The van der Waals surface area contributed by atoms with Crippen molar-refractivity contribution in [2.45, 2.75) is 23.8 Å². The maximum Gasteiger partial charge on any atom is 0.416 e. The van der Waals surface area contributed by atoms with Gasteiger partial charge in [0.2, 0.25) is 10.0 Å².